The van der Waals surface area contributed by atoms with Crippen molar-refractivity contribution in [3.8, 4) is 0 Å². The summed E-state index contributed by atoms with van der Waals surface area (Å²) in [5, 5.41) is 10.2. The fourth-order valence-electron chi connectivity index (χ4n) is 2.98. The molecule has 21 heavy (non-hydrogen) atoms. The maximum Gasteiger partial charge on any atom is 0.0414 e. The number of allylic oxidation sites excluding steroid dienone is 2. The minimum absolute atomic E-state index is 0.232. The van der Waals surface area contributed by atoms with Crippen LogP contribution in [0.25, 0.3) is 0 Å². The molecule has 0 radical (unpaired) electrons. The molecule has 0 aliphatic heterocycles. The van der Waals surface area contributed by atoms with Crippen LogP contribution in [0.1, 0.15) is 103 Å². The average Bonchev–Trinajstić information content (AvgIpc) is 3.20. The van der Waals surface area contributed by atoms with Crippen molar-refractivity contribution in [1.82, 2.24) is 0 Å². The lowest BCUT2D eigenvalue weighted by atomic mass is 10.1. The maximum atomic E-state index is 10.2. The zero-order valence-electron chi connectivity index (χ0n) is 13.9. The molecule has 0 fully saturated rings. The van der Waals surface area contributed by atoms with E-state index in [1.54, 1.807) is 11.1 Å². The van der Waals surface area contributed by atoms with Gasteiger partial charge in [-0.05, 0) is 44.9 Å². The van der Waals surface area contributed by atoms with Gasteiger partial charge in [0, 0.05) is 5.97 Å². The first kappa shape index (κ1) is 18.3. The summed E-state index contributed by atoms with van der Waals surface area (Å²) in [4.78, 5) is 10.2. The minimum atomic E-state index is -0.904. The number of carboxylic acids is 1. The van der Waals surface area contributed by atoms with E-state index in [0.717, 1.165) is 12.8 Å². The molecule has 0 spiro atoms. The van der Waals surface area contributed by atoms with E-state index in [0.29, 0.717) is 0 Å². The van der Waals surface area contributed by atoms with Crippen molar-refractivity contribution >= 4 is 5.97 Å². The number of hydrogen-bond acceptors (Lipinski definition) is 2. The van der Waals surface area contributed by atoms with Gasteiger partial charge in [-0.1, -0.05) is 69.4 Å². The largest absolute Gasteiger partial charge is 0.550 e. The van der Waals surface area contributed by atoms with Crippen LogP contribution in [0.4, 0.5) is 0 Å². The van der Waals surface area contributed by atoms with Crippen LogP contribution in [-0.4, -0.2) is 5.97 Å². The molecular formula is C19H33O2-. The van der Waals surface area contributed by atoms with Crippen molar-refractivity contribution in [2.45, 2.75) is 103 Å². The second-order valence-electron chi connectivity index (χ2n) is 6.54. The molecule has 0 aromatic rings. The Morgan fingerprint density at radius 2 is 1.29 bits per heavy atom. The van der Waals surface area contributed by atoms with Crippen LogP contribution in [-0.2, 0) is 4.79 Å². The smallest absolute Gasteiger partial charge is 0.0414 e. The van der Waals surface area contributed by atoms with Gasteiger partial charge in [0.1, 0.15) is 0 Å². The van der Waals surface area contributed by atoms with Crippen molar-refractivity contribution in [3.05, 3.63) is 11.1 Å². The van der Waals surface area contributed by atoms with Crippen LogP contribution in [0.2, 0.25) is 0 Å². The predicted octanol–water partition coefficient (Wildman–Crippen LogP) is 4.92. The molecule has 2 nitrogen and oxygen atoms in total. The Labute approximate surface area is 131 Å². The van der Waals surface area contributed by atoms with Crippen LogP contribution in [0.15, 0.2) is 11.1 Å². The van der Waals surface area contributed by atoms with Gasteiger partial charge in [0.25, 0.3) is 0 Å². The summed E-state index contributed by atoms with van der Waals surface area (Å²) in [6.07, 6.45) is 18.1. The van der Waals surface area contributed by atoms with Crippen LogP contribution in [0, 0.1) is 0 Å². The summed E-state index contributed by atoms with van der Waals surface area (Å²) in [5.74, 6) is -0.904. The Bertz CT molecular complexity index is 318. The van der Waals surface area contributed by atoms with E-state index >= 15 is 0 Å². The van der Waals surface area contributed by atoms with Gasteiger partial charge < -0.3 is 9.90 Å². The van der Waals surface area contributed by atoms with Gasteiger partial charge in [-0.15, -0.1) is 0 Å². The molecule has 0 unspecified atom stereocenters. The van der Waals surface area contributed by atoms with Crippen LogP contribution in [0.3, 0.4) is 0 Å². The maximum absolute atomic E-state index is 10.2. The van der Waals surface area contributed by atoms with Gasteiger partial charge in [-0.3, -0.25) is 0 Å². The number of unbranched alkanes of at least 4 members (excludes halogenated alkanes) is 9. The number of carbonyl (C=O) groups excluding carboxylic acids is 1. The second kappa shape index (κ2) is 11.8. The number of carboxylic acid groups (broad SMARTS) is 1. The zero-order chi connectivity index (χ0) is 15.3. The molecular weight excluding hydrogens is 260 g/mol. The summed E-state index contributed by atoms with van der Waals surface area (Å²) < 4.78 is 0. The van der Waals surface area contributed by atoms with Crippen molar-refractivity contribution in [1.29, 1.82) is 0 Å². The van der Waals surface area contributed by atoms with Crippen molar-refractivity contribution < 1.29 is 9.90 Å². The van der Waals surface area contributed by atoms with Gasteiger partial charge in [-0.25, -0.2) is 0 Å². The van der Waals surface area contributed by atoms with Crippen molar-refractivity contribution in [2.75, 3.05) is 0 Å². The Morgan fingerprint density at radius 1 is 0.810 bits per heavy atom. The van der Waals surface area contributed by atoms with E-state index in [1.807, 2.05) is 0 Å². The molecule has 0 aromatic heterocycles. The van der Waals surface area contributed by atoms with Gasteiger partial charge in [0.2, 0.25) is 0 Å². The monoisotopic (exact) mass is 293 g/mol. The summed E-state index contributed by atoms with van der Waals surface area (Å²) in [5.41, 5.74) is 3.55. The highest BCUT2D eigenvalue weighted by Crippen LogP contribution is 2.38. The van der Waals surface area contributed by atoms with E-state index in [4.69, 9.17) is 0 Å². The number of aliphatic carboxylic acids is 1. The van der Waals surface area contributed by atoms with Crippen molar-refractivity contribution in [3.63, 3.8) is 0 Å². The zero-order valence-corrected chi connectivity index (χ0v) is 13.9. The Kier molecular flexibility index (Phi) is 10.3. The third-order valence-electron chi connectivity index (χ3n) is 4.49. The van der Waals surface area contributed by atoms with E-state index in [1.165, 1.54) is 77.0 Å². The molecule has 1 rings (SSSR count). The first-order valence-corrected chi connectivity index (χ1v) is 9.13. The normalized spacial score (nSPS) is 13.8. The summed E-state index contributed by atoms with van der Waals surface area (Å²) in [6, 6.07) is 0. The third kappa shape index (κ3) is 10.6. The summed E-state index contributed by atoms with van der Waals surface area (Å²) in [6.45, 7) is 2.27. The lowest BCUT2D eigenvalue weighted by Crippen LogP contribution is -2.21. The van der Waals surface area contributed by atoms with Crippen LogP contribution >= 0.6 is 0 Å². The van der Waals surface area contributed by atoms with Gasteiger partial charge in [0.05, 0.1) is 0 Å². The first-order chi connectivity index (χ1) is 10.2. The number of rotatable bonds is 15. The van der Waals surface area contributed by atoms with E-state index < -0.39 is 5.97 Å². The number of hydrogen-bond donors (Lipinski definition) is 0. The molecule has 0 amide bonds. The van der Waals surface area contributed by atoms with E-state index in [9.17, 15) is 9.90 Å². The predicted molar refractivity (Wildman–Crippen MR) is 87.0 cm³/mol. The highest BCUT2D eigenvalue weighted by atomic mass is 16.4. The molecule has 0 heterocycles. The molecule has 122 valence electrons. The SMILES string of the molecule is CCCCC1=C(CCCCCCCCCCCC(=O)[O-])C1. The van der Waals surface area contributed by atoms with Gasteiger partial charge in [-0.2, -0.15) is 0 Å². The van der Waals surface area contributed by atoms with E-state index in [2.05, 4.69) is 6.92 Å². The fourth-order valence-corrected chi connectivity index (χ4v) is 2.98. The Hall–Kier alpha value is -0.790. The first-order valence-electron chi connectivity index (χ1n) is 9.13. The standard InChI is InChI=1S/C19H34O2/c1-2-3-13-17-16-18(17)14-11-9-7-5-4-6-8-10-12-15-19(20)21/h2-16H2,1H3,(H,20,21)/p-1. The van der Waals surface area contributed by atoms with Gasteiger partial charge >= 0.3 is 0 Å². The third-order valence-corrected chi connectivity index (χ3v) is 4.49. The molecule has 1 aliphatic rings. The Balaban J connectivity index is 1.75. The molecule has 0 aromatic carbocycles. The highest BCUT2D eigenvalue weighted by molar-refractivity contribution is 5.64. The molecule has 0 saturated carbocycles. The van der Waals surface area contributed by atoms with E-state index in [-0.39, 0.29) is 6.42 Å². The number of carbonyl (C=O) groups is 1. The second-order valence-corrected chi connectivity index (χ2v) is 6.54. The fraction of sp³-hybridized carbons (Fsp3) is 0.842. The minimum Gasteiger partial charge on any atom is -0.550 e. The average molecular weight is 293 g/mol. The van der Waals surface area contributed by atoms with Crippen molar-refractivity contribution in [2.24, 2.45) is 0 Å². The lowest BCUT2D eigenvalue weighted by molar-refractivity contribution is -0.305. The molecule has 1 aliphatic carbocycles. The summed E-state index contributed by atoms with van der Waals surface area (Å²) >= 11 is 0. The summed E-state index contributed by atoms with van der Waals surface area (Å²) in [7, 11) is 0. The van der Waals surface area contributed by atoms with Gasteiger partial charge in [0.15, 0.2) is 0 Å². The molecule has 0 N–H and O–H groups in total. The van der Waals surface area contributed by atoms with Crippen LogP contribution < -0.4 is 5.11 Å². The topological polar surface area (TPSA) is 40.1 Å². The molecule has 2 heteroatoms. The molecule has 0 saturated heterocycles. The lowest BCUT2D eigenvalue weighted by Gasteiger charge is -2.03. The molecule has 0 atom stereocenters. The Morgan fingerprint density at radius 3 is 1.81 bits per heavy atom. The highest BCUT2D eigenvalue weighted by Gasteiger charge is 2.18. The molecule has 0 bridgehead atoms. The van der Waals surface area contributed by atoms with Crippen LogP contribution in [0.5, 0.6) is 0 Å². The quantitative estimate of drug-likeness (QED) is 0.318.